The quantitative estimate of drug-likeness (QED) is 0.922. The molecule has 2 heterocycles. The monoisotopic (exact) mass is 304 g/mol. The zero-order valence-corrected chi connectivity index (χ0v) is 12.6. The van der Waals surface area contributed by atoms with E-state index in [4.69, 9.17) is 5.11 Å². The van der Waals surface area contributed by atoms with Crippen LogP contribution < -0.4 is 4.90 Å². The van der Waals surface area contributed by atoms with Crippen LogP contribution in [0.2, 0.25) is 0 Å². The third kappa shape index (κ3) is 3.66. The van der Waals surface area contributed by atoms with E-state index in [1.165, 1.54) is 16.2 Å². The van der Waals surface area contributed by atoms with E-state index in [2.05, 4.69) is 4.98 Å². The van der Waals surface area contributed by atoms with Crippen LogP contribution in [-0.4, -0.2) is 28.5 Å². The fourth-order valence-electron chi connectivity index (χ4n) is 1.79. The second-order valence-corrected chi connectivity index (χ2v) is 5.77. The van der Waals surface area contributed by atoms with Gasteiger partial charge in [-0.3, -0.25) is 14.5 Å². The van der Waals surface area contributed by atoms with E-state index in [0.717, 1.165) is 5.56 Å². The molecule has 5 nitrogen and oxygen atoms in total. The second kappa shape index (κ2) is 6.49. The van der Waals surface area contributed by atoms with Gasteiger partial charge in [-0.05, 0) is 30.0 Å². The highest BCUT2D eigenvalue weighted by molar-refractivity contribution is 7.12. The van der Waals surface area contributed by atoms with Crippen LogP contribution in [0.3, 0.4) is 0 Å². The first-order chi connectivity index (χ1) is 9.99. The summed E-state index contributed by atoms with van der Waals surface area (Å²) < 4.78 is 0. The van der Waals surface area contributed by atoms with E-state index in [9.17, 15) is 9.59 Å². The van der Waals surface area contributed by atoms with Crippen molar-refractivity contribution in [1.82, 2.24) is 4.98 Å². The van der Waals surface area contributed by atoms with Crippen LogP contribution in [0.15, 0.2) is 35.8 Å². The Labute approximate surface area is 126 Å². The van der Waals surface area contributed by atoms with Crippen LogP contribution in [0.5, 0.6) is 0 Å². The summed E-state index contributed by atoms with van der Waals surface area (Å²) >= 11 is 1.33. The number of hydrogen-bond donors (Lipinski definition) is 1. The minimum atomic E-state index is -0.939. The Kier molecular flexibility index (Phi) is 4.70. The molecule has 110 valence electrons. The first-order valence-corrected chi connectivity index (χ1v) is 7.38. The third-order valence-electron chi connectivity index (χ3n) is 3.03. The Morgan fingerprint density at radius 2 is 2.14 bits per heavy atom. The number of anilines is 1. The zero-order valence-electron chi connectivity index (χ0n) is 11.8. The van der Waals surface area contributed by atoms with Crippen molar-refractivity contribution in [1.29, 1.82) is 0 Å². The predicted octanol–water partition coefficient (Wildman–Crippen LogP) is 2.82. The summed E-state index contributed by atoms with van der Waals surface area (Å²) in [4.78, 5) is 29.9. The fourth-order valence-corrected chi connectivity index (χ4v) is 2.46. The Bertz CT molecular complexity index is 623. The first kappa shape index (κ1) is 15.2. The van der Waals surface area contributed by atoms with E-state index in [1.54, 1.807) is 31.3 Å². The maximum absolute atomic E-state index is 12.6. The highest BCUT2D eigenvalue weighted by Crippen LogP contribution is 2.19. The van der Waals surface area contributed by atoms with Crippen LogP contribution in [0.1, 0.15) is 22.2 Å². The van der Waals surface area contributed by atoms with Crippen molar-refractivity contribution in [2.45, 2.75) is 13.8 Å². The minimum Gasteiger partial charge on any atom is -0.481 e. The van der Waals surface area contributed by atoms with E-state index < -0.39 is 11.9 Å². The van der Waals surface area contributed by atoms with Gasteiger partial charge in [0.2, 0.25) is 0 Å². The number of aromatic nitrogens is 1. The summed E-state index contributed by atoms with van der Waals surface area (Å²) in [5.41, 5.74) is 0.980. The number of nitrogens with zero attached hydrogens (tertiary/aromatic N) is 2. The lowest BCUT2D eigenvalue weighted by Gasteiger charge is -2.23. The van der Waals surface area contributed by atoms with Crippen molar-refractivity contribution in [2.75, 3.05) is 11.4 Å². The molecule has 0 aromatic carbocycles. The molecule has 0 bridgehead atoms. The van der Waals surface area contributed by atoms with Crippen LogP contribution in [0.4, 0.5) is 5.82 Å². The molecule has 0 saturated carbocycles. The van der Waals surface area contributed by atoms with Crippen LogP contribution >= 0.6 is 11.3 Å². The number of aliphatic carboxylic acids is 1. The van der Waals surface area contributed by atoms with Crippen molar-refractivity contribution in [3.63, 3.8) is 0 Å². The molecule has 0 radical (unpaired) electrons. The first-order valence-electron chi connectivity index (χ1n) is 6.50. The molecule has 0 aliphatic heterocycles. The summed E-state index contributed by atoms with van der Waals surface area (Å²) in [6, 6.07) is 7.09. The Hall–Kier alpha value is -2.21. The Balaban J connectivity index is 2.32. The smallest absolute Gasteiger partial charge is 0.308 e. The number of aryl methyl sites for hydroxylation is 1. The number of hydrogen-bond acceptors (Lipinski definition) is 4. The molecule has 0 saturated heterocycles. The van der Waals surface area contributed by atoms with E-state index in [-0.39, 0.29) is 12.5 Å². The van der Waals surface area contributed by atoms with E-state index >= 15 is 0 Å². The van der Waals surface area contributed by atoms with Gasteiger partial charge in [0.05, 0.1) is 10.8 Å². The van der Waals surface area contributed by atoms with Gasteiger partial charge in [-0.2, -0.15) is 0 Å². The minimum absolute atomic E-state index is 0.0854. The third-order valence-corrected chi connectivity index (χ3v) is 3.89. The Morgan fingerprint density at radius 3 is 2.67 bits per heavy atom. The summed E-state index contributed by atoms with van der Waals surface area (Å²) in [5.74, 6) is -1.37. The molecule has 0 spiro atoms. The molecule has 1 atom stereocenters. The molecule has 0 aliphatic rings. The number of rotatable bonds is 5. The van der Waals surface area contributed by atoms with Crippen LogP contribution in [-0.2, 0) is 4.79 Å². The van der Waals surface area contributed by atoms with Crippen molar-refractivity contribution < 1.29 is 14.7 Å². The normalized spacial score (nSPS) is 11.9. The molecule has 2 rings (SSSR count). The zero-order chi connectivity index (χ0) is 15.4. The lowest BCUT2D eigenvalue weighted by atomic mass is 10.1. The SMILES string of the molecule is Cc1ccc(N(CC(C)C(=O)O)C(=O)c2cccs2)nc1. The molecule has 0 aliphatic carbocycles. The van der Waals surface area contributed by atoms with Crippen molar-refractivity contribution in [3.05, 3.63) is 46.3 Å². The van der Waals surface area contributed by atoms with Gasteiger partial charge in [-0.15, -0.1) is 11.3 Å². The number of carboxylic acid groups (broad SMARTS) is 1. The topological polar surface area (TPSA) is 70.5 Å². The molecular weight excluding hydrogens is 288 g/mol. The molecule has 2 aromatic heterocycles. The molecular formula is C15H16N2O3S. The van der Waals surface area contributed by atoms with E-state index in [1.807, 2.05) is 18.4 Å². The van der Waals surface area contributed by atoms with Gasteiger partial charge in [0.15, 0.2) is 0 Å². The largest absolute Gasteiger partial charge is 0.481 e. The summed E-state index contributed by atoms with van der Waals surface area (Å²) in [6.07, 6.45) is 1.66. The van der Waals surface area contributed by atoms with E-state index in [0.29, 0.717) is 10.7 Å². The molecule has 1 N–H and O–H groups in total. The van der Waals surface area contributed by atoms with Crippen molar-refractivity contribution >= 4 is 29.0 Å². The fraction of sp³-hybridized carbons (Fsp3) is 0.267. The summed E-state index contributed by atoms with van der Waals surface area (Å²) in [7, 11) is 0. The number of pyridine rings is 1. The van der Waals surface area contributed by atoms with Crippen molar-refractivity contribution in [2.24, 2.45) is 5.92 Å². The molecule has 1 amide bonds. The molecule has 1 unspecified atom stereocenters. The van der Waals surface area contributed by atoms with Crippen molar-refractivity contribution in [3.8, 4) is 0 Å². The average Bonchev–Trinajstić information content (AvgIpc) is 2.99. The standard InChI is InChI=1S/C15H16N2O3S/c1-10-5-6-13(16-8-10)17(9-11(2)15(19)20)14(18)12-4-3-7-21-12/h3-8,11H,9H2,1-2H3,(H,19,20). The molecule has 2 aromatic rings. The lowest BCUT2D eigenvalue weighted by molar-refractivity contribution is -0.140. The van der Waals surface area contributed by atoms with Crippen LogP contribution in [0.25, 0.3) is 0 Å². The van der Waals surface area contributed by atoms with Crippen LogP contribution in [0, 0.1) is 12.8 Å². The molecule has 6 heteroatoms. The van der Waals surface area contributed by atoms with Gasteiger partial charge in [-0.1, -0.05) is 19.1 Å². The maximum Gasteiger partial charge on any atom is 0.308 e. The number of carbonyl (C=O) groups excluding carboxylic acids is 1. The highest BCUT2D eigenvalue weighted by Gasteiger charge is 2.24. The van der Waals surface area contributed by atoms with Gasteiger partial charge in [0, 0.05) is 12.7 Å². The molecule has 0 fully saturated rings. The van der Waals surface area contributed by atoms with Gasteiger partial charge in [0.1, 0.15) is 5.82 Å². The Morgan fingerprint density at radius 1 is 1.38 bits per heavy atom. The second-order valence-electron chi connectivity index (χ2n) is 4.83. The van der Waals surface area contributed by atoms with Gasteiger partial charge < -0.3 is 5.11 Å². The number of thiophene rings is 1. The number of carbonyl (C=O) groups is 2. The van der Waals surface area contributed by atoms with Gasteiger partial charge in [-0.25, -0.2) is 4.98 Å². The van der Waals surface area contributed by atoms with Gasteiger partial charge in [0.25, 0.3) is 5.91 Å². The number of amides is 1. The summed E-state index contributed by atoms with van der Waals surface area (Å²) in [6.45, 7) is 3.56. The number of carboxylic acids is 1. The summed E-state index contributed by atoms with van der Waals surface area (Å²) in [5, 5.41) is 10.9. The lowest BCUT2D eigenvalue weighted by Crippen LogP contribution is -2.37. The highest BCUT2D eigenvalue weighted by atomic mass is 32.1. The molecule has 21 heavy (non-hydrogen) atoms. The average molecular weight is 304 g/mol. The van der Waals surface area contributed by atoms with Gasteiger partial charge >= 0.3 is 5.97 Å². The maximum atomic E-state index is 12.6. The predicted molar refractivity (Wildman–Crippen MR) is 81.8 cm³/mol.